The summed E-state index contributed by atoms with van der Waals surface area (Å²) in [6.45, 7) is 2.86. The lowest BCUT2D eigenvalue weighted by atomic mass is 10.0. The quantitative estimate of drug-likeness (QED) is 0.642. The SMILES string of the molecule is COc1ccc2[nH]cc(CCN/C(C)=C3/CCCCCC3=O)c2c1. The van der Waals surface area contributed by atoms with Gasteiger partial charge < -0.3 is 15.0 Å². The summed E-state index contributed by atoms with van der Waals surface area (Å²) in [5.41, 5.74) is 4.45. The van der Waals surface area contributed by atoms with Crippen LogP contribution < -0.4 is 10.1 Å². The topological polar surface area (TPSA) is 54.1 Å². The zero-order valence-corrected chi connectivity index (χ0v) is 14.6. The van der Waals surface area contributed by atoms with E-state index in [0.717, 1.165) is 54.8 Å². The second-order valence-electron chi connectivity index (χ2n) is 6.49. The molecule has 1 aliphatic carbocycles. The molecule has 4 nitrogen and oxygen atoms in total. The van der Waals surface area contributed by atoms with Gasteiger partial charge in [-0.2, -0.15) is 0 Å². The number of hydrogen-bond donors (Lipinski definition) is 2. The van der Waals surface area contributed by atoms with Crippen molar-refractivity contribution in [3.8, 4) is 5.75 Å². The van der Waals surface area contributed by atoms with Gasteiger partial charge in [0.05, 0.1) is 7.11 Å². The Bertz CT molecular complexity index is 758. The molecule has 0 radical (unpaired) electrons. The number of ether oxygens (including phenoxy) is 1. The molecular formula is C20H26N2O2. The van der Waals surface area contributed by atoms with Gasteiger partial charge in [-0.1, -0.05) is 6.42 Å². The van der Waals surface area contributed by atoms with Gasteiger partial charge in [0.1, 0.15) is 5.75 Å². The van der Waals surface area contributed by atoms with Gasteiger partial charge in [-0.3, -0.25) is 4.79 Å². The molecule has 1 fully saturated rings. The van der Waals surface area contributed by atoms with Crippen LogP contribution in [0.1, 0.15) is 44.6 Å². The van der Waals surface area contributed by atoms with E-state index in [2.05, 4.69) is 22.6 Å². The molecule has 0 unspecified atom stereocenters. The molecule has 128 valence electrons. The molecule has 2 N–H and O–H groups in total. The molecule has 2 aromatic rings. The second-order valence-corrected chi connectivity index (χ2v) is 6.49. The number of rotatable bonds is 5. The van der Waals surface area contributed by atoms with Crippen LogP contribution >= 0.6 is 0 Å². The number of H-pyrrole nitrogens is 1. The third kappa shape index (κ3) is 3.64. The maximum atomic E-state index is 12.2. The number of ketones is 1. The summed E-state index contributed by atoms with van der Waals surface area (Å²) in [4.78, 5) is 15.5. The molecule has 0 atom stereocenters. The summed E-state index contributed by atoms with van der Waals surface area (Å²) in [5.74, 6) is 1.20. The minimum absolute atomic E-state index is 0.328. The fraction of sp³-hybridized carbons (Fsp3) is 0.450. The van der Waals surface area contributed by atoms with Gasteiger partial charge in [-0.15, -0.1) is 0 Å². The number of benzene rings is 1. The largest absolute Gasteiger partial charge is 0.497 e. The lowest BCUT2D eigenvalue weighted by Gasteiger charge is -2.11. The fourth-order valence-corrected chi connectivity index (χ4v) is 3.43. The highest BCUT2D eigenvalue weighted by Gasteiger charge is 2.16. The van der Waals surface area contributed by atoms with Crippen LogP contribution in [0.15, 0.2) is 35.7 Å². The molecule has 0 amide bonds. The van der Waals surface area contributed by atoms with E-state index in [-0.39, 0.29) is 0 Å². The first-order valence-electron chi connectivity index (χ1n) is 8.80. The number of Topliss-reactive ketones (excluding diaryl/α,β-unsaturated/α-hetero) is 1. The fourth-order valence-electron chi connectivity index (χ4n) is 3.43. The Balaban J connectivity index is 1.66. The standard InChI is InChI=1S/C20H26N2O2/c1-14(17-6-4-3-5-7-20(17)23)21-11-10-15-13-22-19-9-8-16(24-2)12-18(15)19/h8-9,12-13,21-22H,3-7,10-11H2,1-2H3/b17-14-. The smallest absolute Gasteiger partial charge is 0.160 e. The Hall–Kier alpha value is -2.23. The van der Waals surface area contributed by atoms with E-state index in [4.69, 9.17) is 4.74 Å². The monoisotopic (exact) mass is 326 g/mol. The summed E-state index contributed by atoms with van der Waals surface area (Å²) in [5, 5.41) is 4.66. The number of aromatic nitrogens is 1. The zero-order valence-electron chi connectivity index (χ0n) is 14.6. The number of fused-ring (bicyclic) bond motifs is 1. The highest BCUT2D eigenvalue weighted by atomic mass is 16.5. The van der Waals surface area contributed by atoms with Crippen LogP contribution in [-0.2, 0) is 11.2 Å². The van der Waals surface area contributed by atoms with Crippen molar-refractivity contribution in [2.24, 2.45) is 0 Å². The summed E-state index contributed by atoms with van der Waals surface area (Å²) >= 11 is 0. The number of methoxy groups -OCH3 is 1. The second kappa shape index (κ2) is 7.56. The number of hydrogen-bond acceptors (Lipinski definition) is 3. The van der Waals surface area contributed by atoms with Crippen molar-refractivity contribution in [1.29, 1.82) is 0 Å². The van der Waals surface area contributed by atoms with E-state index in [1.807, 2.05) is 19.1 Å². The normalized spacial score (nSPS) is 17.7. The van der Waals surface area contributed by atoms with Crippen molar-refractivity contribution in [2.45, 2.75) is 45.4 Å². The Labute approximate surface area is 143 Å². The van der Waals surface area contributed by atoms with Crippen LogP contribution in [0, 0.1) is 0 Å². The summed E-state index contributed by atoms with van der Waals surface area (Å²) in [7, 11) is 1.69. The van der Waals surface area contributed by atoms with E-state index >= 15 is 0 Å². The number of carbonyl (C=O) groups is 1. The van der Waals surface area contributed by atoms with Crippen LogP contribution in [0.2, 0.25) is 0 Å². The molecule has 0 spiro atoms. The van der Waals surface area contributed by atoms with Crippen molar-refractivity contribution < 1.29 is 9.53 Å². The molecule has 1 aromatic carbocycles. The van der Waals surface area contributed by atoms with E-state index in [1.54, 1.807) is 7.11 Å². The average molecular weight is 326 g/mol. The molecule has 1 saturated carbocycles. The number of nitrogens with one attached hydrogen (secondary N) is 2. The van der Waals surface area contributed by atoms with Gasteiger partial charge in [-0.25, -0.2) is 0 Å². The maximum Gasteiger partial charge on any atom is 0.160 e. The van der Waals surface area contributed by atoms with Crippen LogP contribution in [0.4, 0.5) is 0 Å². The van der Waals surface area contributed by atoms with Gasteiger partial charge in [0.25, 0.3) is 0 Å². The van der Waals surface area contributed by atoms with Gasteiger partial charge in [0.15, 0.2) is 5.78 Å². The first-order valence-corrected chi connectivity index (χ1v) is 8.80. The highest BCUT2D eigenvalue weighted by molar-refractivity contribution is 5.96. The molecule has 3 rings (SSSR count). The Kier molecular flexibility index (Phi) is 5.24. The number of allylic oxidation sites excluding steroid dienone is 2. The van der Waals surface area contributed by atoms with Gasteiger partial charge in [0, 0.05) is 41.3 Å². The van der Waals surface area contributed by atoms with Crippen molar-refractivity contribution in [2.75, 3.05) is 13.7 Å². The van der Waals surface area contributed by atoms with E-state index in [9.17, 15) is 4.79 Å². The molecule has 1 heterocycles. The van der Waals surface area contributed by atoms with Crippen molar-refractivity contribution in [1.82, 2.24) is 10.3 Å². The lowest BCUT2D eigenvalue weighted by molar-refractivity contribution is -0.115. The predicted octanol–water partition coefficient (Wildman–Crippen LogP) is 4.12. The third-order valence-electron chi connectivity index (χ3n) is 4.88. The highest BCUT2D eigenvalue weighted by Crippen LogP contribution is 2.24. The summed E-state index contributed by atoms with van der Waals surface area (Å²) < 4.78 is 5.32. The molecule has 1 aromatic heterocycles. The van der Waals surface area contributed by atoms with Crippen LogP contribution in [0.5, 0.6) is 5.75 Å². The summed E-state index contributed by atoms with van der Waals surface area (Å²) in [6.07, 6.45) is 7.92. The molecule has 24 heavy (non-hydrogen) atoms. The van der Waals surface area contributed by atoms with Crippen LogP contribution in [0.3, 0.4) is 0 Å². The van der Waals surface area contributed by atoms with E-state index in [0.29, 0.717) is 12.2 Å². The van der Waals surface area contributed by atoms with Gasteiger partial charge in [-0.05, 0) is 56.4 Å². The van der Waals surface area contributed by atoms with Crippen molar-refractivity contribution >= 4 is 16.7 Å². The molecule has 0 saturated heterocycles. The van der Waals surface area contributed by atoms with Crippen LogP contribution in [-0.4, -0.2) is 24.4 Å². The summed E-state index contributed by atoms with van der Waals surface area (Å²) in [6, 6.07) is 6.08. The van der Waals surface area contributed by atoms with Gasteiger partial charge >= 0.3 is 0 Å². The maximum absolute atomic E-state index is 12.2. The Morgan fingerprint density at radius 1 is 1.25 bits per heavy atom. The number of aromatic amines is 1. The Morgan fingerprint density at radius 3 is 2.92 bits per heavy atom. The van der Waals surface area contributed by atoms with E-state index in [1.165, 1.54) is 17.4 Å². The average Bonchev–Trinajstić information content (AvgIpc) is 2.86. The molecular weight excluding hydrogens is 300 g/mol. The van der Waals surface area contributed by atoms with Crippen molar-refractivity contribution in [3.63, 3.8) is 0 Å². The lowest BCUT2D eigenvalue weighted by Crippen LogP contribution is -2.19. The van der Waals surface area contributed by atoms with Gasteiger partial charge in [0.2, 0.25) is 0 Å². The first kappa shape index (κ1) is 16.6. The minimum atomic E-state index is 0.328. The molecule has 4 heteroatoms. The van der Waals surface area contributed by atoms with E-state index < -0.39 is 0 Å². The molecule has 0 bridgehead atoms. The third-order valence-corrected chi connectivity index (χ3v) is 4.88. The minimum Gasteiger partial charge on any atom is -0.497 e. The Morgan fingerprint density at radius 2 is 2.08 bits per heavy atom. The predicted molar refractivity (Wildman–Crippen MR) is 97.3 cm³/mol. The number of carbonyl (C=O) groups excluding carboxylic acids is 1. The van der Waals surface area contributed by atoms with Crippen LogP contribution in [0.25, 0.3) is 10.9 Å². The molecule has 0 aliphatic heterocycles. The van der Waals surface area contributed by atoms with Crippen molar-refractivity contribution in [3.05, 3.63) is 41.2 Å². The zero-order chi connectivity index (χ0) is 16.9. The first-order chi connectivity index (χ1) is 11.7. The molecule has 1 aliphatic rings.